The number of esters is 1. The SMILES string of the molecule is COC(=O)CC1CN(c2ccc(C3(C)CC3)cn2)CCO1. The van der Waals surface area contributed by atoms with E-state index < -0.39 is 0 Å². The Kier molecular flexibility index (Phi) is 3.85. The van der Waals surface area contributed by atoms with Crippen molar-refractivity contribution in [3.63, 3.8) is 0 Å². The molecule has 1 aliphatic carbocycles. The second-order valence-corrected chi connectivity index (χ2v) is 6.18. The molecule has 0 amide bonds. The third-order valence-corrected chi connectivity index (χ3v) is 4.53. The fraction of sp³-hybridized carbons (Fsp3) is 0.625. The van der Waals surface area contributed by atoms with Gasteiger partial charge in [0.1, 0.15) is 5.82 Å². The molecule has 21 heavy (non-hydrogen) atoms. The molecular weight excluding hydrogens is 268 g/mol. The number of carbonyl (C=O) groups excluding carboxylic acids is 1. The lowest BCUT2D eigenvalue weighted by atomic mass is 10.0. The molecule has 5 heteroatoms. The van der Waals surface area contributed by atoms with Crippen LogP contribution in [-0.4, -0.2) is 43.9 Å². The minimum atomic E-state index is -0.230. The summed E-state index contributed by atoms with van der Waals surface area (Å²) in [5, 5.41) is 0. The molecule has 3 rings (SSSR count). The number of carbonyl (C=O) groups is 1. The summed E-state index contributed by atoms with van der Waals surface area (Å²) in [6, 6.07) is 4.26. The van der Waals surface area contributed by atoms with Gasteiger partial charge in [-0.1, -0.05) is 13.0 Å². The highest BCUT2D eigenvalue weighted by atomic mass is 16.5. The molecule has 1 unspecified atom stereocenters. The number of morpholine rings is 1. The number of nitrogens with zero attached hydrogens (tertiary/aromatic N) is 2. The maximum atomic E-state index is 11.3. The van der Waals surface area contributed by atoms with Gasteiger partial charge in [-0.2, -0.15) is 0 Å². The van der Waals surface area contributed by atoms with Gasteiger partial charge >= 0.3 is 5.97 Å². The van der Waals surface area contributed by atoms with Crippen LogP contribution >= 0.6 is 0 Å². The van der Waals surface area contributed by atoms with Crippen molar-refractivity contribution >= 4 is 11.8 Å². The van der Waals surface area contributed by atoms with E-state index in [4.69, 9.17) is 9.47 Å². The van der Waals surface area contributed by atoms with Gasteiger partial charge in [0.25, 0.3) is 0 Å². The fourth-order valence-corrected chi connectivity index (χ4v) is 2.73. The first-order valence-electron chi connectivity index (χ1n) is 7.51. The molecule has 0 spiro atoms. The Labute approximate surface area is 125 Å². The van der Waals surface area contributed by atoms with Gasteiger partial charge in [-0.25, -0.2) is 4.98 Å². The van der Waals surface area contributed by atoms with E-state index in [9.17, 15) is 4.79 Å². The molecule has 0 bridgehead atoms. The van der Waals surface area contributed by atoms with E-state index in [2.05, 4.69) is 28.9 Å². The molecule has 2 heterocycles. The molecule has 5 nitrogen and oxygen atoms in total. The number of hydrogen-bond donors (Lipinski definition) is 0. The van der Waals surface area contributed by atoms with Crippen LogP contribution in [-0.2, 0) is 19.7 Å². The van der Waals surface area contributed by atoms with Crippen LogP contribution in [0.25, 0.3) is 0 Å². The van der Waals surface area contributed by atoms with Crippen molar-refractivity contribution < 1.29 is 14.3 Å². The van der Waals surface area contributed by atoms with Gasteiger partial charge in [0.2, 0.25) is 0 Å². The quantitative estimate of drug-likeness (QED) is 0.793. The smallest absolute Gasteiger partial charge is 0.308 e. The molecule has 0 N–H and O–H groups in total. The van der Waals surface area contributed by atoms with Crippen LogP contribution in [0, 0.1) is 0 Å². The van der Waals surface area contributed by atoms with Crippen molar-refractivity contribution in [2.45, 2.75) is 37.7 Å². The second-order valence-electron chi connectivity index (χ2n) is 6.18. The molecule has 1 atom stereocenters. The molecule has 0 aromatic carbocycles. The Balaban J connectivity index is 1.64. The van der Waals surface area contributed by atoms with Gasteiger partial charge in [-0.15, -0.1) is 0 Å². The minimum Gasteiger partial charge on any atom is -0.469 e. The molecule has 1 saturated carbocycles. The molecule has 114 valence electrons. The van der Waals surface area contributed by atoms with Crippen LogP contribution in [0.4, 0.5) is 5.82 Å². The average molecular weight is 290 g/mol. The third kappa shape index (κ3) is 3.18. The summed E-state index contributed by atoms with van der Waals surface area (Å²) in [5.41, 5.74) is 1.68. The molecule has 1 saturated heterocycles. The number of methoxy groups -OCH3 is 1. The highest BCUT2D eigenvalue weighted by molar-refractivity contribution is 5.69. The summed E-state index contributed by atoms with van der Waals surface area (Å²) in [4.78, 5) is 18.1. The largest absolute Gasteiger partial charge is 0.469 e. The van der Waals surface area contributed by atoms with Crippen molar-refractivity contribution in [2.75, 3.05) is 31.7 Å². The Bertz CT molecular complexity index is 511. The van der Waals surface area contributed by atoms with E-state index >= 15 is 0 Å². The molecular formula is C16H22N2O3. The van der Waals surface area contributed by atoms with Crippen molar-refractivity contribution in [3.05, 3.63) is 23.9 Å². The van der Waals surface area contributed by atoms with E-state index in [1.807, 2.05) is 6.20 Å². The lowest BCUT2D eigenvalue weighted by Gasteiger charge is -2.33. The van der Waals surface area contributed by atoms with Gasteiger partial charge in [-0.3, -0.25) is 4.79 Å². The molecule has 2 aliphatic rings. The van der Waals surface area contributed by atoms with Crippen molar-refractivity contribution in [1.29, 1.82) is 0 Å². The van der Waals surface area contributed by atoms with Crippen LogP contribution in [0.3, 0.4) is 0 Å². The molecule has 1 aliphatic heterocycles. The van der Waals surface area contributed by atoms with E-state index in [1.165, 1.54) is 25.5 Å². The number of pyridine rings is 1. The van der Waals surface area contributed by atoms with Crippen molar-refractivity contribution in [3.8, 4) is 0 Å². The highest BCUT2D eigenvalue weighted by Crippen LogP contribution is 2.47. The monoisotopic (exact) mass is 290 g/mol. The van der Waals surface area contributed by atoms with Gasteiger partial charge < -0.3 is 14.4 Å². The Hall–Kier alpha value is -1.62. The Morgan fingerprint density at radius 3 is 2.95 bits per heavy atom. The first kappa shape index (κ1) is 14.3. The number of rotatable bonds is 4. The fourth-order valence-electron chi connectivity index (χ4n) is 2.73. The lowest BCUT2D eigenvalue weighted by Crippen LogP contribution is -2.43. The summed E-state index contributed by atoms with van der Waals surface area (Å²) < 4.78 is 10.3. The van der Waals surface area contributed by atoms with E-state index in [0.29, 0.717) is 25.0 Å². The van der Waals surface area contributed by atoms with Crippen LogP contribution < -0.4 is 4.90 Å². The number of ether oxygens (including phenoxy) is 2. The molecule has 1 aromatic heterocycles. The van der Waals surface area contributed by atoms with E-state index in [-0.39, 0.29) is 12.1 Å². The Morgan fingerprint density at radius 2 is 2.33 bits per heavy atom. The van der Waals surface area contributed by atoms with Gasteiger partial charge in [0.15, 0.2) is 0 Å². The lowest BCUT2D eigenvalue weighted by molar-refractivity contribution is -0.144. The highest BCUT2D eigenvalue weighted by Gasteiger charge is 2.39. The number of aromatic nitrogens is 1. The Morgan fingerprint density at radius 1 is 1.52 bits per heavy atom. The summed E-state index contributed by atoms with van der Waals surface area (Å²) >= 11 is 0. The zero-order valence-electron chi connectivity index (χ0n) is 12.7. The van der Waals surface area contributed by atoms with Gasteiger partial charge in [0, 0.05) is 19.3 Å². The van der Waals surface area contributed by atoms with Gasteiger partial charge in [0.05, 0.1) is 26.2 Å². The normalized spacial score (nSPS) is 23.7. The van der Waals surface area contributed by atoms with E-state index in [1.54, 1.807) is 0 Å². The third-order valence-electron chi connectivity index (χ3n) is 4.53. The van der Waals surface area contributed by atoms with Crippen LogP contribution in [0.2, 0.25) is 0 Å². The predicted molar refractivity (Wildman–Crippen MR) is 79.4 cm³/mol. The van der Waals surface area contributed by atoms with Crippen molar-refractivity contribution in [2.24, 2.45) is 0 Å². The molecule has 2 fully saturated rings. The zero-order valence-corrected chi connectivity index (χ0v) is 12.7. The van der Waals surface area contributed by atoms with Crippen LogP contribution in [0.15, 0.2) is 18.3 Å². The molecule has 1 aromatic rings. The maximum absolute atomic E-state index is 11.3. The summed E-state index contributed by atoms with van der Waals surface area (Å²) in [5.74, 6) is 0.730. The first-order valence-corrected chi connectivity index (χ1v) is 7.51. The van der Waals surface area contributed by atoms with Crippen molar-refractivity contribution in [1.82, 2.24) is 4.98 Å². The standard InChI is InChI=1S/C16H22N2O3/c1-16(5-6-16)12-3-4-14(17-10-12)18-7-8-21-13(11-18)9-15(19)20-2/h3-4,10,13H,5-9,11H2,1-2H3. The summed E-state index contributed by atoms with van der Waals surface area (Å²) in [6.45, 7) is 4.38. The number of anilines is 1. The number of hydrogen-bond acceptors (Lipinski definition) is 5. The van der Waals surface area contributed by atoms with Crippen LogP contribution in [0.1, 0.15) is 31.7 Å². The van der Waals surface area contributed by atoms with Gasteiger partial charge in [-0.05, 0) is 29.9 Å². The summed E-state index contributed by atoms with van der Waals surface area (Å²) in [6.07, 6.45) is 4.68. The first-order chi connectivity index (χ1) is 10.1. The molecule has 0 radical (unpaired) electrons. The second kappa shape index (κ2) is 5.64. The summed E-state index contributed by atoms with van der Waals surface area (Å²) in [7, 11) is 1.40. The maximum Gasteiger partial charge on any atom is 0.308 e. The average Bonchev–Trinajstić information content (AvgIpc) is 3.27. The topological polar surface area (TPSA) is 51.7 Å². The van der Waals surface area contributed by atoms with E-state index in [0.717, 1.165) is 12.4 Å². The predicted octanol–water partition coefficient (Wildman–Crippen LogP) is 1.90. The minimum absolute atomic E-state index is 0.117. The van der Waals surface area contributed by atoms with Crippen LogP contribution in [0.5, 0.6) is 0 Å². The zero-order chi connectivity index (χ0) is 14.9.